The van der Waals surface area contributed by atoms with E-state index in [-0.39, 0.29) is 0 Å². The average Bonchev–Trinajstić information content (AvgIpc) is 2.51. The molecule has 0 aliphatic carbocycles. The number of rotatable bonds is 4. The standard InChI is InChI=1S/C15H16N2O3/c1-19-16(13-9-5-3-6-10-13)15(18)17(20-2)14-11-7-4-8-12-14/h3-12H,1-2H3. The summed E-state index contributed by atoms with van der Waals surface area (Å²) in [5, 5.41) is 2.33. The van der Waals surface area contributed by atoms with Crippen LogP contribution in [0.25, 0.3) is 0 Å². The van der Waals surface area contributed by atoms with Crippen molar-refractivity contribution >= 4 is 17.4 Å². The molecule has 0 saturated heterocycles. The first-order valence-corrected chi connectivity index (χ1v) is 6.10. The molecule has 2 aromatic carbocycles. The molecule has 104 valence electrons. The number of hydrogen-bond acceptors (Lipinski definition) is 3. The summed E-state index contributed by atoms with van der Waals surface area (Å²) >= 11 is 0. The second-order valence-corrected chi connectivity index (χ2v) is 3.91. The van der Waals surface area contributed by atoms with Gasteiger partial charge in [-0.05, 0) is 24.3 Å². The molecule has 0 heterocycles. The third-order valence-corrected chi connectivity index (χ3v) is 2.69. The Balaban J connectivity index is 2.28. The SMILES string of the molecule is CON(C(=O)N(OC)c1ccccc1)c1ccccc1. The minimum absolute atomic E-state index is 0.438. The highest BCUT2D eigenvalue weighted by molar-refractivity contribution is 6.00. The van der Waals surface area contributed by atoms with E-state index in [2.05, 4.69) is 0 Å². The molecule has 0 bridgehead atoms. The molecular weight excluding hydrogens is 256 g/mol. The van der Waals surface area contributed by atoms with Crippen LogP contribution in [0.4, 0.5) is 16.2 Å². The summed E-state index contributed by atoms with van der Waals surface area (Å²) in [6.45, 7) is 0. The molecule has 0 aliphatic rings. The van der Waals surface area contributed by atoms with E-state index >= 15 is 0 Å². The van der Waals surface area contributed by atoms with Gasteiger partial charge in [0.2, 0.25) is 0 Å². The number of benzene rings is 2. The summed E-state index contributed by atoms with van der Waals surface area (Å²) in [7, 11) is 2.87. The molecule has 0 radical (unpaired) electrons. The van der Waals surface area contributed by atoms with Crippen molar-refractivity contribution in [1.82, 2.24) is 0 Å². The fraction of sp³-hybridized carbons (Fsp3) is 0.133. The fourth-order valence-corrected chi connectivity index (χ4v) is 1.80. The first-order chi connectivity index (χ1) is 9.77. The van der Waals surface area contributed by atoms with Gasteiger partial charge in [0, 0.05) is 0 Å². The second kappa shape index (κ2) is 6.70. The van der Waals surface area contributed by atoms with Crippen LogP contribution < -0.4 is 10.1 Å². The number of urea groups is 1. The van der Waals surface area contributed by atoms with Crippen LogP contribution in [0.2, 0.25) is 0 Å². The van der Waals surface area contributed by atoms with Gasteiger partial charge in [-0.1, -0.05) is 36.4 Å². The lowest BCUT2D eigenvalue weighted by atomic mass is 10.3. The number of para-hydroxylation sites is 2. The fourth-order valence-electron chi connectivity index (χ4n) is 1.80. The van der Waals surface area contributed by atoms with Gasteiger partial charge in [-0.2, -0.15) is 10.1 Å². The first-order valence-electron chi connectivity index (χ1n) is 6.10. The summed E-state index contributed by atoms with van der Waals surface area (Å²) in [6, 6.07) is 17.7. The second-order valence-electron chi connectivity index (χ2n) is 3.91. The minimum atomic E-state index is -0.438. The van der Waals surface area contributed by atoms with E-state index < -0.39 is 6.03 Å². The van der Waals surface area contributed by atoms with Crippen LogP contribution in [0.15, 0.2) is 60.7 Å². The van der Waals surface area contributed by atoms with Crippen molar-refractivity contribution in [1.29, 1.82) is 0 Å². The molecule has 0 aliphatic heterocycles. The molecule has 5 heteroatoms. The van der Waals surface area contributed by atoms with Crippen LogP contribution in [0.3, 0.4) is 0 Å². The number of carbonyl (C=O) groups is 1. The van der Waals surface area contributed by atoms with E-state index in [1.165, 1.54) is 14.2 Å². The Bertz CT molecular complexity index is 496. The smallest absolute Gasteiger partial charge is 0.268 e. The van der Waals surface area contributed by atoms with Crippen LogP contribution in [0.1, 0.15) is 0 Å². The molecule has 0 fully saturated rings. The summed E-state index contributed by atoms with van der Waals surface area (Å²) < 4.78 is 0. The number of nitrogens with zero attached hydrogens (tertiary/aromatic N) is 2. The summed E-state index contributed by atoms with van der Waals surface area (Å²) in [6.07, 6.45) is 0. The van der Waals surface area contributed by atoms with Gasteiger partial charge in [-0.15, -0.1) is 0 Å². The zero-order chi connectivity index (χ0) is 14.4. The van der Waals surface area contributed by atoms with Crippen LogP contribution in [-0.4, -0.2) is 20.3 Å². The molecule has 2 aromatic rings. The Morgan fingerprint density at radius 3 is 1.40 bits per heavy atom. The first kappa shape index (κ1) is 14.0. The molecule has 2 rings (SSSR count). The van der Waals surface area contributed by atoms with Crippen molar-refractivity contribution in [3.63, 3.8) is 0 Å². The predicted molar refractivity (Wildman–Crippen MR) is 77.3 cm³/mol. The molecule has 0 aromatic heterocycles. The minimum Gasteiger partial charge on any atom is -0.268 e. The Morgan fingerprint density at radius 1 is 0.750 bits per heavy atom. The lowest BCUT2D eigenvalue weighted by Gasteiger charge is -2.26. The van der Waals surface area contributed by atoms with Gasteiger partial charge in [0.15, 0.2) is 0 Å². The summed E-state index contributed by atoms with van der Waals surface area (Å²) in [5.74, 6) is 0. The van der Waals surface area contributed by atoms with Gasteiger partial charge in [-0.25, -0.2) is 4.79 Å². The van der Waals surface area contributed by atoms with Crippen molar-refractivity contribution < 1.29 is 14.5 Å². The molecule has 0 spiro atoms. The highest BCUT2D eigenvalue weighted by Crippen LogP contribution is 2.20. The van der Waals surface area contributed by atoms with Crippen LogP contribution in [0.5, 0.6) is 0 Å². The number of carbonyl (C=O) groups excluding carboxylic acids is 1. The van der Waals surface area contributed by atoms with Gasteiger partial charge >= 0.3 is 6.03 Å². The Hall–Kier alpha value is -2.37. The van der Waals surface area contributed by atoms with Gasteiger partial charge in [0.05, 0.1) is 25.6 Å². The normalized spacial score (nSPS) is 10.1. The van der Waals surface area contributed by atoms with Crippen molar-refractivity contribution in [2.45, 2.75) is 0 Å². The number of hydrogen-bond donors (Lipinski definition) is 0. The molecule has 2 amide bonds. The largest absolute Gasteiger partial charge is 0.377 e. The van der Waals surface area contributed by atoms with Crippen LogP contribution >= 0.6 is 0 Å². The Kier molecular flexibility index (Phi) is 4.70. The van der Waals surface area contributed by atoms with E-state index in [0.29, 0.717) is 11.4 Å². The highest BCUT2D eigenvalue weighted by Gasteiger charge is 2.24. The van der Waals surface area contributed by atoms with Crippen molar-refractivity contribution in [3.05, 3.63) is 60.7 Å². The molecular formula is C15H16N2O3. The van der Waals surface area contributed by atoms with Gasteiger partial charge < -0.3 is 0 Å². The monoisotopic (exact) mass is 272 g/mol. The van der Waals surface area contributed by atoms with E-state index in [4.69, 9.17) is 9.68 Å². The zero-order valence-corrected chi connectivity index (χ0v) is 11.4. The third-order valence-electron chi connectivity index (χ3n) is 2.69. The van der Waals surface area contributed by atoms with Crippen molar-refractivity contribution in [3.8, 4) is 0 Å². The molecule has 0 unspecified atom stereocenters. The van der Waals surface area contributed by atoms with Gasteiger partial charge in [-0.3, -0.25) is 9.68 Å². The maximum Gasteiger partial charge on any atom is 0.377 e. The molecule has 0 saturated carbocycles. The van der Waals surface area contributed by atoms with E-state index in [0.717, 1.165) is 10.1 Å². The molecule has 0 atom stereocenters. The number of anilines is 2. The van der Waals surface area contributed by atoms with E-state index in [9.17, 15) is 4.79 Å². The summed E-state index contributed by atoms with van der Waals surface area (Å²) in [5.41, 5.74) is 1.25. The van der Waals surface area contributed by atoms with Crippen molar-refractivity contribution in [2.24, 2.45) is 0 Å². The van der Waals surface area contributed by atoms with E-state index in [1.807, 2.05) is 36.4 Å². The van der Waals surface area contributed by atoms with Gasteiger partial charge in [0.1, 0.15) is 0 Å². The Morgan fingerprint density at radius 2 is 1.10 bits per heavy atom. The maximum absolute atomic E-state index is 12.5. The highest BCUT2D eigenvalue weighted by atomic mass is 16.7. The number of amides is 2. The third kappa shape index (κ3) is 2.96. The van der Waals surface area contributed by atoms with Crippen molar-refractivity contribution in [2.75, 3.05) is 24.3 Å². The average molecular weight is 272 g/mol. The summed E-state index contributed by atoms with van der Waals surface area (Å²) in [4.78, 5) is 22.8. The number of hydroxylamine groups is 2. The van der Waals surface area contributed by atoms with Crippen LogP contribution in [0, 0.1) is 0 Å². The molecule has 20 heavy (non-hydrogen) atoms. The zero-order valence-electron chi connectivity index (χ0n) is 11.4. The van der Waals surface area contributed by atoms with Crippen LogP contribution in [-0.2, 0) is 9.68 Å². The quantitative estimate of drug-likeness (QED) is 0.802. The van der Waals surface area contributed by atoms with E-state index in [1.54, 1.807) is 24.3 Å². The molecule has 0 N–H and O–H groups in total. The lowest BCUT2D eigenvalue weighted by molar-refractivity contribution is 0.127. The molecule has 5 nitrogen and oxygen atoms in total. The topological polar surface area (TPSA) is 42.0 Å². The Labute approximate surface area is 117 Å². The predicted octanol–water partition coefficient (Wildman–Crippen LogP) is 3.24. The maximum atomic E-state index is 12.5. The van der Waals surface area contributed by atoms with Gasteiger partial charge in [0.25, 0.3) is 0 Å². The lowest BCUT2D eigenvalue weighted by Crippen LogP contribution is -2.42.